The molecule has 1 aliphatic heterocycles. The van der Waals surface area contributed by atoms with Crippen molar-refractivity contribution in [1.82, 2.24) is 4.90 Å². The molecular formula is C17H23NO4. The molecule has 2 unspecified atom stereocenters. The first-order chi connectivity index (χ1) is 10.5. The van der Waals surface area contributed by atoms with Crippen LogP contribution in [-0.4, -0.2) is 48.7 Å². The van der Waals surface area contributed by atoms with Gasteiger partial charge in [-0.15, -0.1) is 0 Å². The van der Waals surface area contributed by atoms with Gasteiger partial charge in [-0.1, -0.05) is 30.3 Å². The molecule has 1 heterocycles. The van der Waals surface area contributed by atoms with Crippen molar-refractivity contribution in [3.63, 3.8) is 0 Å². The molecule has 120 valence electrons. The molecule has 1 aromatic rings. The van der Waals surface area contributed by atoms with E-state index in [-0.39, 0.29) is 25.0 Å². The highest BCUT2D eigenvalue weighted by atomic mass is 16.5. The Morgan fingerprint density at radius 1 is 1.36 bits per heavy atom. The summed E-state index contributed by atoms with van der Waals surface area (Å²) in [5.74, 6) is -1.18. The van der Waals surface area contributed by atoms with Crippen LogP contribution >= 0.6 is 0 Å². The fourth-order valence-corrected chi connectivity index (χ4v) is 3.11. The predicted octanol–water partition coefficient (Wildman–Crippen LogP) is 2.13. The first-order valence-corrected chi connectivity index (χ1v) is 7.56. The summed E-state index contributed by atoms with van der Waals surface area (Å²) in [4.78, 5) is 26.0. The maximum absolute atomic E-state index is 12.7. The fraction of sp³-hybridized carbons (Fsp3) is 0.529. The van der Waals surface area contributed by atoms with Crippen molar-refractivity contribution >= 4 is 11.9 Å². The minimum atomic E-state index is -0.987. The van der Waals surface area contributed by atoms with E-state index in [9.17, 15) is 14.7 Å². The fourth-order valence-electron chi connectivity index (χ4n) is 3.11. The summed E-state index contributed by atoms with van der Waals surface area (Å²) in [7, 11) is 1.50. The van der Waals surface area contributed by atoms with Crippen LogP contribution in [0.2, 0.25) is 0 Å². The molecule has 22 heavy (non-hydrogen) atoms. The Balaban J connectivity index is 2.14. The quantitative estimate of drug-likeness (QED) is 0.905. The zero-order valence-electron chi connectivity index (χ0n) is 13.1. The van der Waals surface area contributed by atoms with E-state index in [2.05, 4.69) is 0 Å². The van der Waals surface area contributed by atoms with Gasteiger partial charge in [0, 0.05) is 20.2 Å². The van der Waals surface area contributed by atoms with E-state index in [1.54, 1.807) is 4.90 Å². The number of benzene rings is 1. The Morgan fingerprint density at radius 2 is 2.05 bits per heavy atom. The highest BCUT2D eigenvalue weighted by Gasteiger charge is 2.44. The smallest absolute Gasteiger partial charge is 0.313 e. The number of piperidine rings is 1. The van der Waals surface area contributed by atoms with Crippen molar-refractivity contribution in [1.29, 1.82) is 0 Å². The molecule has 1 aliphatic rings. The lowest BCUT2D eigenvalue weighted by Crippen LogP contribution is -2.52. The van der Waals surface area contributed by atoms with Gasteiger partial charge in [-0.25, -0.2) is 0 Å². The second-order valence-corrected chi connectivity index (χ2v) is 6.01. The minimum absolute atomic E-state index is 0.0207. The van der Waals surface area contributed by atoms with Crippen molar-refractivity contribution in [2.24, 2.45) is 5.41 Å². The lowest BCUT2D eigenvalue weighted by atomic mass is 9.80. The van der Waals surface area contributed by atoms with Crippen LogP contribution in [-0.2, 0) is 14.3 Å². The van der Waals surface area contributed by atoms with Crippen molar-refractivity contribution < 1.29 is 19.4 Å². The average Bonchev–Trinajstić information content (AvgIpc) is 2.54. The third kappa shape index (κ3) is 3.30. The molecule has 1 aromatic carbocycles. The third-order valence-electron chi connectivity index (χ3n) is 4.43. The summed E-state index contributed by atoms with van der Waals surface area (Å²) >= 11 is 0. The summed E-state index contributed by atoms with van der Waals surface area (Å²) in [5.41, 5.74) is -0.0373. The second-order valence-electron chi connectivity index (χ2n) is 6.01. The molecule has 5 heteroatoms. The standard InChI is InChI=1S/C17H23NO4/c1-13(14-7-4-3-5-8-14)15(19)18-10-6-9-17(11-18,12-22-2)16(20)21/h3-5,7-8,13H,6,9-12H2,1-2H3,(H,20,21). The Bertz CT molecular complexity index is 527. The van der Waals surface area contributed by atoms with Crippen LogP contribution in [0, 0.1) is 5.41 Å². The first kappa shape index (κ1) is 16.5. The van der Waals surface area contributed by atoms with E-state index >= 15 is 0 Å². The van der Waals surface area contributed by atoms with E-state index in [0.29, 0.717) is 19.4 Å². The number of ether oxygens (including phenoxy) is 1. The van der Waals surface area contributed by atoms with Crippen molar-refractivity contribution in [2.75, 3.05) is 26.8 Å². The van der Waals surface area contributed by atoms with Crippen LogP contribution in [0.5, 0.6) is 0 Å². The van der Waals surface area contributed by atoms with Gasteiger partial charge >= 0.3 is 5.97 Å². The predicted molar refractivity (Wildman–Crippen MR) is 82.6 cm³/mol. The number of hydrogen-bond donors (Lipinski definition) is 1. The molecule has 1 amide bonds. The number of likely N-dealkylation sites (tertiary alicyclic amines) is 1. The maximum Gasteiger partial charge on any atom is 0.313 e. The minimum Gasteiger partial charge on any atom is -0.481 e. The highest BCUT2D eigenvalue weighted by Crippen LogP contribution is 2.32. The number of amides is 1. The molecule has 1 saturated heterocycles. The molecule has 2 rings (SSSR count). The van der Waals surface area contributed by atoms with Gasteiger partial charge in [0.2, 0.25) is 5.91 Å². The van der Waals surface area contributed by atoms with Crippen LogP contribution in [0.4, 0.5) is 0 Å². The van der Waals surface area contributed by atoms with Crippen LogP contribution in [0.15, 0.2) is 30.3 Å². The van der Waals surface area contributed by atoms with E-state index in [4.69, 9.17) is 4.74 Å². The zero-order valence-corrected chi connectivity index (χ0v) is 13.1. The number of rotatable bonds is 5. The highest BCUT2D eigenvalue weighted by molar-refractivity contribution is 5.84. The van der Waals surface area contributed by atoms with Crippen LogP contribution in [0.3, 0.4) is 0 Å². The number of carbonyl (C=O) groups is 2. The number of aliphatic carboxylic acids is 1. The lowest BCUT2D eigenvalue weighted by molar-refractivity contribution is -0.159. The Hall–Kier alpha value is -1.88. The molecule has 0 aliphatic carbocycles. The monoisotopic (exact) mass is 305 g/mol. The molecule has 5 nitrogen and oxygen atoms in total. The van der Waals surface area contributed by atoms with Crippen molar-refractivity contribution in [2.45, 2.75) is 25.7 Å². The van der Waals surface area contributed by atoms with Gasteiger partial charge in [0.1, 0.15) is 5.41 Å². The van der Waals surface area contributed by atoms with E-state index in [0.717, 1.165) is 5.56 Å². The molecule has 0 bridgehead atoms. The van der Waals surface area contributed by atoms with Crippen molar-refractivity contribution in [3.8, 4) is 0 Å². The summed E-state index contributed by atoms with van der Waals surface area (Å²) in [6.45, 7) is 2.82. The van der Waals surface area contributed by atoms with Crippen LogP contribution in [0.1, 0.15) is 31.2 Å². The zero-order chi connectivity index (χ0) is 16.2. The third-order valence-corrected chi connectivity index (χ3v) is 4.43. The van der Waals surface area contributed by atoms with Gasteiger partial charge in [-0.2, -0.15) is 0 Å². The normalized spacial score (nSPS) is 23.1. The molecule has 0 spiro atoms. The van der Waals surface area contributed by atoms with E-state index in [1.807, 2.05) is 37.3 Å². The van der Waals surface area contributed by atoms with Gasteiger partial charge in [-0.3, -0.25) is 9.59 Å². The Morgan fingerprint density at radius 3 is 2.64 bits per heavy atom. The molecule has 1 N–H and O–H groups in total. The summed E-state index contributed by atoms with van der Waals surface area (Å²) < 4.78 is 5.10. The molecule has 0 saturated carbocycles. The molecular weight excluding hydrogens is 282 g/mol. The number of carboxylic acid groups (broad SMARTS) is 1. The van der Waals surface area contributed by atoms with Crippen LogP contribution in [0.25, 0.3) is 0 Å². The SMILES string of the molecule is COCC1(C(=O)O)CCCN(C(=O)C(C)c2ccccc2)C1. The van der Waals surface area contributed by atoms with E-state index < -0.39 is 11.4 Å². The number of nitrogens with zero attached hydrogens (tertiary/aromatic N) is 1. The van der Waals surface area contributed by atoms with E-state index in [1.165, 1.54) is 7.11 Å². The molecule has 2 atom stereocenters. The number of hydrogen-bond acceptors (Lipinski definition) is 3. The lowest BCUT2D eigenvalue weighted by Gasteiger charge is -2.40. The Kier molecular flexibility index (Phi) is 5.19. The molecule has 1 fully saturated rings. The summed E-state index contributed by atoms with van der Waals surface area (Å²) in [6, 6.07) is 9.57. The van der Waals surface area contributed by atoms with Gasteiger partial charge in [0.05, 0.1) is 12.5 Å². The maximum atomic E-state index is 12.7. The first-order valence-electron chi connectivity index (χ1n) is 7.56. The van der Waals surface area contributed by atoms with Gasteiger partial charge in [0.15, 0.2) is 0 Å². The van der Waals surface area contributed by atoms with Gasteiger partial charge in [0.25, 0.3) is 0 Å². The van der Waals surface area contributed by atoms with Gasteiger partial charge in [-0.05, 0) is 25.3 Å². The Labute approximate surface area is 130 Å². The summed E-state index contributed by atoms with van der Waals surface area (Å²) in [5, 5.41) is 9.56. The molecule has 0 radical (unpaired) electrons. The summed E-state index contributed by atoms with van der Waals surface area (Å²) in [6.07, 6.45) is 1.22. The number of methoxy groups -OCH3 is 1. The second kappa shape index (κ2) is 6.92. The number of carboxylic acids is 1. The molecule has 0 aromatic heterocycles. The largest absolute Gasteiger partial charge is 0.481 e. The topological polar surface area (TPSA) is 66.8 Å². The number of carbonyl (C=O) groups excluding carboxylic acids is 1. The van der Waals surface area contributed by atoms with Crippen molar-refractivity contribution in [3.05, 3.63) is 35.9 Å². The van der Waals surface area contributed by atoms with Gasteiger partial charge < -0.3 is 14.7 Å². The average molecular weight is 305 g/mol. The van der Waals surface area contributed by atoms with Crippen LogP contribution < -0.4 is 0 Å².